The molecular formula is C26H35N3O6. The number of oxazole rings is 1. The average Bonchev–Trinajstić information content (AvgIpc) is 3.32. The third-order valence-electron chi connectivity index (χ3n) is 7.40. The zero-order valence-electron chi connectivity index (χ0n) is 20.4. The second-order valence-electron chi connectivity index (χ2n) is 9.57. The van der Waals surface area contributed by atoms with Crippen molar-refractivity contribution >= 4 is 28.9 Å². The number of hydrogen-bond acceptors (Lipinski definition) is 7. The van der Waals surface area contributed by atoms with Gasteiger partial charge in [-0.3, -0.25) is 9.59 Å². The summed E-state index contributed by atoms with van der Waals surface area (Å²) in [6.07, 6.45) is 5.61. The number of nitrogens with two attached hydrogens (primary N) is 1. The summed E-state index contributed by atoms with van der Waals surface area (Å²) in [6.45, 7) is 3.51. The van der Waals surface area contributed by atoms with Crippen LogP contribution in [-0.2, 0) is 14.3 Å². The van der Waals surface area contributed by atoms with Crippen LogP contribution in [0.1, 0.15) is 69.0 Å². The molecule has 2 amide bonds. The zero-order chi connectivity index (χ0) is 24.8. The molecule has 0 spiro atoms. The number of fused-ring (bicyclic) bond motifs is 1. The third-order valence-corrected chi connectivity index (χ3v) is 7.40. The fourth-order valence-corrected chi connectivity index (χ4v) is 5.55. The van der Waals surface area contributed by atoms with Crippen molar-refractivity contribution in [1.29, 1.82) is 0 Å². The van der Waals surface area contributed by atoms with Gasteiger partial charge in [-0.05, 0) is 37.3 Å². The molecule has 1 aromatic carbocycles. The highest BCUT2D eigenvalue weighted by Gasteiger charge is 2.54. The van der Waals surface area contributed by atoms with Crippen molar-refractivity contribution in [3.8, 4) is 0 Å². The number of para-hydroxylation sites is 2. The second-order valence-corrected chi connectivity index (χ2v) is 9.57. The summed E-state index contributed by atoms with van der Waals surface area (Å²) in [5, 5.41) is 0. The maximum Gasteiger partial charge on any atom is 0.405 e. The van der Waals surface area contributed by atoms with Gasteiger partial charge in [-0.25, -0.2) is 9.78 Å². The van der Waals surface area contributed by atoms with E-state index in [4.69, 9.17) is 19.6 Å². The van der Waals surface area contributed by atoms with E-state index in [1.807, 2.05) is 6.92 Å². The van der Waals surface area contributed by atoms with Crippen LogP contribution in [0, 0.1) is 11.8 Å². The minimum absolute atomic E-state index is 0.177. The van der Waals surface area contributed by atoms with Crippen LogP contribution in [0.15, 0.2) is 28.7 Å². The van der Waals surface area contributed by atoms with E-state index < -0.39 is 23.4 Å². The lowest BCUT2D eigenvalue weighted by Gasteiger charge is -2.40. The first-order valence-electron chi connectivity index (χ1n) is 12.7. The summed E-state index contributed by atoms with van der Waals surface area (Å²) in [5.74, 6) is -1.56. The van der Waals surface area contributed by atoms with Crippen LogP contribution in [0.4, 0.5) is 4.79 Å². The second kappa shape index (κ2) is 11.2. The first kappa shape index (κ1) is 25.2. The Kier molecular flexibility index (Phi) is 8.05. The van der Waals surface area contributed by atoms with Crippen LogP contribution < -0.4 is 5.73 Å². The van der Waals surface area contributed by atoms with Gasteiger partial charge in [0.1, 0.15) is 5.52 Å². The molecule has 2 aliphatic rings. The number of amides is 2. The van der Waals surface area contributed by atoms with E-state index in [0.717, 1.165) is 25.7 Å². The van der Waals surface area contributed by atoms with Crippen molar-refractivity contribution in [3.63, 3.8) is 0 Å². The highest BCUT2D eigenvalue weighted by molar-refractivity contribution is 6.04. The summed E-state index contributed by atoms with van der Waals surface area (Å²) in [7, 11) is 0. The number of hydrogen-bond donors (Lipinski definition) is 1. The number of aromatic nitrogens is 1. The molecule has 35 heavy (non-hydrogen) atoms. The van der Waals surface area contributed by atoms with Gasteiger partial charge in [-0.2, -0.15) is 0 Å². The standard InChI is InChI=1S/C26H35N3O6/c1-2-19(24(31)29-14-16-33-17-15-29)26(35-25(27)32,13-12-18-8-4-3-5-9-18)22(30)23-28-20-10-6-7-11-21(20)34-23/h6-7,10-11,18-19H,2-5,8-9,12-17H2,1H3,(H2,27,32). The molecule has 4 rings (SSSR count). The number of nitrogens with zero attached hydrogens (tertiary/aromatic N) is 2. The lowest BCUT2D eigenvalue weighted by atomic mass is 9.74. The SMILES string of the molecule is CCC(C(=O)N1CCOCC1)C(CCC1CCCCC1)(OC(N)=O)C(=O)c1nc2ccccc2o1. The van der Waals surface area contributed by atoms with Crippen LogP contribution >= 0.6 is 0 Å². The molecule has 2 unspecified atom stereocenters. The predicted molar refractivity (Wildman–Crippen MR) is 129 cm³/mol. The molecule has 9 heteroatoms. The van der Waals surface area contributed by atoms with Crippen molar-refractivity contribution in [2.75, 3.05) is 26.3 Å². The van der Waals surface area contributed by atoms with E-state index in [0.29, 0.717) is 56.2 Å². The van der Waals surface area contributed by atoms with Gasteiger partial charge in [0.25, 0.3) is 11.7 Å². The summed E-state index contributed by atoms with van der Waals surface area (Å²) in [4.78, 5) is 46.2. The highest BCUT2D eigenvalue weighted by atomic mass is 16.6. The van der Waals surface area contributed by atoms with Crippen LogP contribution in [0.5, 0.6) is 0 Å². The molecule has 1 aliphatic heterocycles. The fraction of sp³-hybridized carbons (Fsp3) is 0.615. The lowest BCUT2D eigenvalue weighted by Crippen LogP contribution is -2.57. The maximum atomic E-state index is 14.1. The zero-order valence-corrected chi connectivity index (χ0v) is 20.4. The first-order chi connectivity index (χ1) is 16.9. The lowest BCUT2D eigenvalue weighted by molar-refractivity contribution is -0.147. The van der Waals surface area contributed by atoms with E-state index in [9.17, 15) is 14.4 Å². The van der Waals surface area contributed by atoms with Gasteiger partial charge in [0.05, 0.1) is 19.1 Å². The molecule has 2 aromatic rings. The van der Waals surface area contributed by atoms with Gasteiger partial charge in [0, 0.05) is 13.1 Å². The minimum atomic E-state index is -1.80. The molecule has 1 aliphatic carbocycles. The maximum absolute atomic E-state index is 14.1. The number of ether oxygens (including phenoxy) is 2. The molecule has 0 bridgehead atoms. The van der Waals surface area contributed by atoms with E-state index >= 15 is 0 Å². The molecular weight excluding hydrogens is 450 g/mol. The summed E-state index contributed by atoms with van der Waals surface area (Å²) in [5.41, 5.74) is 4.71. The number of morpholine rings is 1. The van der Waals surface area contributed by atoms with Crippen molar-refractivity contribution in [2.45, 2.75) is 63.9 Å². The largest absolute Gasteiger partial charge is 0.434 e. The van der Waals surface area contributed by atoms with Crippen LogP contribution in [0.3, 0.4) is 0 Å². The number of ketones is 1. The molecule has 1 saturated heterocycles. The monoisotopic (exact) mass is 485 g/mol. The topological polar surface area (TPSA) is 125 Å². The van der Waals surface area contributed by atoms with Crippen molar-refractivity contribution in [3.05, 3.63) is 30.2 Å². The molecule has 190 valence electrons. The average molecular weight is 486 g/mol. The first-order valence-corrected chi connectivity index (χ1v) is 12.7. The van der Waals surface area contributed by atoms with E-state index in [1.54, 1.807) is 29.2 Å². The molecule has 1 saturated carbocycles. The number of rotatable bonds is 9. The Morgan fingerprint density at radius 2 is 1.89 bits per heavy atom. The van der Waals surface area contributed by atoms with Crippen molar-refractivity contribution in [1.82, 2.24) is 9.88 Å². The Morgan fingerprint density at radius 1 is 1.17 bits per heavy atom. The number of benzene rings is 1. The predicted octanol–water partition coefficient (Wildman–Crippen LogP) is 4.09. The number of carbonyl (C=O) groups excluding carboxylic acids is 3. The Hall–Kier alpha value is -2.94. The molecule has 9 nitrogen and oxygen atoms in total. The molecule has 2 fully saturated rings. The van der Waals surface area contributed by atoms with E-state index in [1.165, 1.54) is 6.42 Å². The Balaban J connectivity index is 1.74. The summed E-state index contributed by atoms with van der Waals surface area (Å²) < 4.78 is 16.9. The molecule has 1 aromatic heterocycles. The Bertz CT molecular complexity index is 1010. The van der Waals surface area contributed by atoms with Crippen LogP contribution in [0.2, 0.25) is 0 Å². The quantitative estimate of drug-likeness (QED) is 0.530. The Labute approximate surface area is 205 Å². The third kappa shape index (κ3) is 5.50. The molecule has 2 heterocycles. The summed E-state index contributed by atoms with van der Waals surface area (Å²) >= 11 is 0. The van der Waals surface area contributed by atoms with Crippen LogP contribution in [-0.4, -0.2) is 59.6 Å². The fourth-order valence-electron chi connectivity index (χ4n) is 5.55. The van der Waals surface area contributed by atoms with Gasteiger partial charge in [-0.1, -0.05) is 51.2 Å². The number of primary amides is 1. The van der Waals surface area contributed by atoms with E-state index in [-0.39, 0.29) is 18.2 Å². The minimum Gasteiger partial charge on any atom is -0.434 e. The van der Waals surface area contributed by atoms with Crippen molar-refractivity contribution in [2.24, 2.45) is 17.6 Å². The van der Waals surface area contributed by atoms with Gasteiger partial charge in [0.15, 0.2) is 11.2 Å². The van der Waals surface area contributed by atoms with Crippen LogP contribution in [0.25, 0.3) is 11.1 Å². The van der Waals surface area contributed by atoms with Gasteiger partial charge < -0.3 is 24.5 Å². The molecule has 0 radical (unpaired) electrons. The Morgan fingerprint density at radius 3 is 2.54 bits per heavy atom. The van der Waals surface area contributed by atoms with Gasteiger partial charge >= 0.3 is 6.09 Å². The number of Topliss-reactive ketones (excluding diaryl/α,β-unsaturated/α-hetero) is 1. The van der Waals surface area contributed by atoms with Gasteiger partial charge in [0.2, 0.25) is 5.91 Å². The van der Waals surface area contributed by atoms with Crippen molar-refractivity contribution < 1.29 is 28.3 Å². The van der Waals surface area contributed by atoms with Gasteiger partial charge in [-0.15, -0.1) is 0 Å². The number of carbonyl (C=O) groups is 3. The normalized spacial score (nSPS) is 19.7. The smallest absolute Gasteiger partial charge is 0.405 e. The summed E-state index contributed by atoms with van der Waals surface area (Å²) in [6, 6.07) is 7.04. The molecule has 2 N–H and O–H groups in total. The molecule has 2 atom stereocenters. The highest BCUT2D eigenvalue weighted by Crippen LogP contribution is 2.39. The van der Waals surface area contributed by atoms with E-state index in [2.05, 4.69) is 4.98 Å².